The third-order valence-electron chi connectivity index (χ3n) is 7.50. The van der Waals surface area contributed by atoms with E-state index >= 15 is 0 Å². The molecule has 182 valence electrons. The van der Waals surface area contributed by atoms with Crippen LogP contribution in [0.2, 0.25) is 10.0 Å². The summed E-state index contributed by atoms with van der Waals surface area (Å²) >= 11 is 12.4. The Kier molecular flexibility index (Phi) is 5.36. The summed E-state index contributed by atoms with van der Waals surface area (Å²) in [4.78, 5) is 34.2. The van der Waals surface area contributed by atoms with Crippen LogP contribution in [0.1, 0.15) is 35.2 Å². The lowest BCUT2D eigenvalue weighted by Gasteiger charge is -2.51. The lowest BCUT2D eigenvalue weighted by atomic mass is 9.76. The Morgan fingerprint density at radius 3 is 2.53 bits per heavy atom. The van der Waals surface area contributed by atoms with Crippen LogP contribution in [0.15, 0.2) is 66.7 Å². The average Bonchev–Trinajstić information content (AvgIpc) is 3.26. The molecule has 5 nitrogen and oxygen atoms in total. The number of H-pyrrole nitrogens is 1. The molecule has 4 aromatic rings. The number of benzene rings is 3. The van der Waals surface area contributed by atoms with Crippen molar-refractivity contribution >= 4 is 45.9 Å². The minimum absolute atomic E-state index is 0.0876. The van der Waals surface area contributed by atoms with Crippen LogP contribution in [0.3, 0.4) is 0 Å². The molecular weight excluding hydrogens is 500 g/mol. The van der Waals surface area contributed by atoms with Crippen molar-refractivity contribution in [3.8, 4) is 0 Å². The molecule has 8 heteroatoms. The van der Waals surface area contributed by atoms with Gasteiger partial charge in [0.1, 0.15) is 12.4 Å². The molecule has 1 saturated heterocycles. The summed E-state index contributed by atoms with van der Waals surface area (Å²) in [5.74, 6) is -1.13. The van der Waals surface area contributed by atoms with Crippen LogP contribution in [0.4, 0.5) is 4.39 Å². The van der Waals surface area contributed by atoms with Crippen LogP contribution < -0.4 is 0 Å². The zero-order chi connectivity index (χ0) is 25.2. The van der Waals surface area contributed by atoms with Crippen LogP contribution in [-0.2, 0) is 21.7 Å². The summed E-state index contributed by atoms with van der Waals surface area (Å²) in [5, 5.41) is 1.86. The Morgan fingerprint density at radius 2 is 1.78 bits per heavy atom. The van der Waals surface area contributed by atoms with Gasteiger partial charge in [0.05, 0.1) is 12.2 Å². The molecule has 0 spiro atoms. The predicted molar refractivity (Wildman–Crippen MR) is 137 cm³/mol. The first-order chi connectivity index (χ1) is 17.3. The molecule has 1 unspecified atom stereocenters. The molecule has 2 amide bonds. The Balaban J connectivity index is 1.51. The Hall–Kier alpha value is -3.35. The van der Waals surface area contributed by atoms with Crippen molar-refractivity contribution in [2.24, 2.45) is 0 Å². The van der Waals surface area contributed by atoms with Gasteiger partial charge in [0, 0.05) is 39.0 Å². The number of aromatic amines is 1. The predicted octanol–water partition coefficient (Wildman–Crippen LogP) is 5.85. The number of piperazine rings is 1. The second-order valence-electron chi connectivity index (χ2n) is 9.50. The smallest absolute Gasteiger partial charge is 0.255 e. The Morgan fingerprint density at radius 1 is 1.03 bits per heavy atom. The van der Waals surface area contributed by atoms with Crippen molar-refractivity contribution in [1.29, 1.82) is 0 Å². The summed E-state index contributed by atoms with van der Waals surface area (Å²) in [6, 6.07) is 19.9. The van der Waals surface area contributed by atoms with Crippen LogP contribution in [-0.4, -0.2) is 39.7 Å². The first kappa shape index (κ1) is 23.1. The first-order valence-electron chi connectivity index (χ1n) is 11.7. The van der Waals surface area contributed by atoms with E-state index in [4.69, 9.17) is 23.2 Å². The number of para-hydroxylation sites is 1. The van der Waals surface area contributed by atoms with Crippen LogP contribution in [0.25, 0.3) is 10.9 Å². The Labute approximate surface area is 217 Å². The lowest BCUT2D eigenvalue weighted by molar-refractivity contribution is -0.167. The van der Waals surface area contributed by atoms with E-state index in [1.807, 2.05) is 48.5 Å². The van der Waals surface area contributed by atoms with Gasteiger partial charge in [0.15, 0.2) is 5.54 Å². The zero-order valence-electron chi connectivity index (χ0n) is 19.4. The Bertz CT molecular complexity index is 1510. The minimum Gasteiger partial charge on any atom is -0.356 e. The molecule has 6 rings (SSSR count). The van der Waals surface area contributed by atoms with E-state index in [9.17, 15) is 14.0 Å². The van der Waals surface area contributed by atoms with E-state index in [1.165, 1.54) is 17.0 Å². The number of carbonyl (C=O) groups is 2. The molecule has 0 saturated carbocycles. The third kappa shape index (κ3) is 3.35. The second-order valence-corrected chi connectivity index (χ2v) is 10.3. The van der Waals surface area contributed by atoms with Gasteiger partial charge in [-0.25, -0.2) is 4.39 Å². The highest BCUT2D eigenvalue weighted by Crippen LogP contribution is 2.48. The van der Waals surface area contributed by atoms with Gasteiger partial charge in [-0.15, -0.1) is 0 Å². The summed E-state index contributed by atoms with van der Waals surface area (Å²) in [7, 11) is 0. The fourth-order valence-corrected chi connectivity index (χ4v) is 6.02. The molecule has 3 heterocycles. The van der Waals surface area contributed by atoms with E-state index in [0.29, 0.717) is 17.3 Å². The van der Waals surface area contributed by atoms with E-state index in [-0.39, 0.29) is 41.4 Å². The van der Waals surface area contributed by atoms with Crippen molar-refractivity contribution in [2.45, 2.75) is 24.9 Å². The van der Waals surface area contributed by atoms with Gasteiger partial charge in [-0.1, -0.05) is 59.6 Å². The number of aromatic nitrogens is 1. The van der Waals surface area contributed by atoms with Crippen LogP contribution >= 0.6 is 23.2 Å². The van der Waals surface area contributed by atoms with Crippen molar-refractivity contribution in [2.75, 3.05) is 13.1 Å². The van der Waals surface area contributed by atoms with Crippen molar-refractivity contribution in [3.05, 3.63) is 105 Å². The molecule has 1 fully saturated rings. The van der Waals surface area contributed by atoms with Gasteiger partial charge < -0.3 is 14.8 Å². The largest absolute Gasteiger partial charge is 0.356 e. The number of halogens is 3. The van der Waals surface area contributed by atoms with Gasteiger partial charge in [-0.3, -0.25) is 9.59 Å². The molecule has 2 aliphatic heterocycles. The van der Waals surface area contributed by atoms with Gasteiger partial charge in [-0.2, -0.15) is 0 Å². The molecule has 0 bridgehead atoms. The van der Waals surface area contributed by atoms with E-state index < -0.39 is 11.4 Å². The van der Waals surface area contributed by atoms with E-state index in [1.54, 1.807) is 17.9 Å². The molecule has 2 atom stereocenters. The molecule has 3 aromatic carbocycles. The number of hydrogen-bond donors (Lipinski definition) is 1. The topological polar surface area (TPSA) is 56.4 Å². The third-order valence-corrected chi connectivity index (χ3v) is 8.11. The monoisotopic (exact) mass is 521 g/mol. The number of fused-ring (bicyclic) bond motifs is 5. The van der Waals surface area contributed by atoms with Gasteiger partial charge in [-0.05, 0) is 48.4 Å². The molecule has 0 radical (unpaired) electrons. The summed E-state index contributed by atoms with van der Waals surface area (Å²) in [6.45, 7) is 1.87. The van der Waals surface area contributed by atoms with Crippen LogP contribution in [0, 0.1) is 5.82 Å². The fraction of sp³-hybridized carbons (Fsp3) is 0.214. The normalized spacial score (nSPS) is 21.6. The van der Waals surface area contributed by atoms with Gasteiger partial charge in [0.25, 0.3) is 5.91 Å². The number of rotatable bonds is 3. The minimum atomic E-state index is -1.27. The maximum Gasteiger partial charge on any atom is 0.255 e. The SMILES string of the molecule is C[C@]12C(=O)N(Cc3c(F)cccc3Cl)CC(=O)N1CC(c1ccc(Cl)cc1)c1c2[nH]c2ccccc12. The first-order valence-corrected chi connectivity index (χ1v) is 12.4. The highest BCUT2D eigenvalue weighted by Gasteiger charge is 2.56. The number of hydrogen-bond acceptors (Lipinski definition) is 2. The highest BCUT2D eigenvalue weighted by atomic mass is 35.5. The summed E-state index contributed by atoms with van der Waals surface area (Å²) in [5.41, 5.74) is 2.48. The van der Waals surface area contributed by atoms with Crippen molar-refractivity contribution in [1.82, 2.24) is 14.8 Å². The summed E-state index contributed by atoms with van der Waals surface area (Å²) < 4.78 is 14.6. The summed E-state index contributed by atoms with van der Waals surface area (Å²) in [6.07, 6.45) is 0. The van der Waals surface area contributed by atoms with Crippen LogP contribution in [0.5, 0.6) is 0 Å². The number of nitrogens with one attached hydrogen (secondary N) is 1. The highest BCUT2D eigenvalue weighted by molar-refractivity contribution is 6.31. The standard InChI is InChI=1S/C28H22Cl2FN3O2/c1-28-26-25(18-5-2-3-8-23(18)32-26)19(16-9-11-17(29)12-10-16)14-34(28)24(35)15-33(27(28)36)13-20-21(30)6-4-7-22(20)31/h2-12,19,32H,13-15H2,1H3/t19?,28-/m0/s1. The number of nitrogens with zero attached hydrogens (tertiary/aromatic N) is 2. The fourth-order valence-electron chi connectivity index (χ4n) is 5.67. The quantitative estimate of drug-likeness (QED) is 0.367. The second kappa shape index (κ2) is 8.36. The molecular formula is C28H22Cl2FN3O2. The molecule has 0 aliphatic carbocycles. The zero-order valence-corrected chi connectivity index (χ0v) is 20.9. The maximum atomic E-state index is 14.6. The average molecular weight is 522 g/mol. The molecule has 1 aromatic heterocycles. The van der Waals surface area contributed by atoms with E-state index in [2.05, 4.69) is 4.98 Å². The number of carbonyl (C=O) groups excluding carboxylic acids is 2. The lowest BCUT2D eigenvalue weighted by Crippen LogP contribution is -2.67. The molecule has 36 heavy (non-hydrogen) atoms. The molecule has 2 aliphatic rings. The maximum absolute atomic E-state index is 14.6. The van der Waals surface area contributed by atoms with Crippen molar-refractivity contribution < 1.29 is 14.0 Å². The van der Waals surface area contributed by atoms with Gasteiger partial charge >= 0.3 is 0 Å². The van der Waals surface area contributed by atoms with E-state index in [0.717, 1.165) is 22.0 Å². The van der Waals surface area contributed by atoms with Gasteiger partial charge in [0.2, 0.25) is 5.91 Å². The molecule has 1 N–H and O–H groups in total. The van der Waals surface area contributed by atoms with Crippen molar-refractivity contribution in [3.63, 3.8) is 0 Å². The number of amides is 2.